The van der Waals surface area contributed by atoms with Crippen molar-refractivity contribution in [3.05, 3.63) is 44.3 Å². The van der Waals surface area contributed by atoms with Gasteiger partial charge in [0.1, 0.15) is 5.56 Å². The first kappa shape index (κ1) is 18.9. The quantitative estimate of drug-likeness (QED) is 0.451. The molecule has 0 atom stereocenters. The van der Waals surface area contributed by atoms with Crippen molar-refractivity contribution in [1.29, 1.82) is 0 Å². The average molecular weight is 374 g/mol. The molecule has 144 valence electrons. The Balaban J connectivity index is 2.07. The van der Waals surface area contributed by atoms with Gasteiger partial charge in [0.25, 0.3) is 11.6 Å². The number of nitrogens with zero attached hydrogens (tertiary/aromatic N) is 2. The fraction of sp³-hybridized carbons (Fsp3) is 0.474. The third-order valence-corrected chi connectivity index (χ3v) is 5.06. The number of nitro groups is 1. The van der Waals surface area contributed by atoms with Crippen molar-refractivity contribution in [2.24, 2.45) is 0 Å². The SMILES string of the molecule is CCN(C(=O)c1cc2cc([N+](=O)[O-])cc(OC)c2oc1=O)C1CCCCC1. The molecule has 0 unspecified atom stereocenters. The molecule has 3 rings (SSSR count). The summed E-state index contributed by atoms with van der Waals surface area (Å²) in [4.78, 5) is 37.8. The highest BCUT2D eigenvalue weighted by Gasteiger charge is 2.28. The van der Waals surface area contributed by atoms with Gasteiger partial charge in [-0.05, 0) is 25.8 Å². The van der Waals surface area contributed by atoms with Gasteiger partial charge in [-0.15, -0.1) is 0 Å². The number of nitro benzene ring substituents is 1. The molecule has 8 heteroatoms. The number of fused-ring (bicyclic) bond motifs is 1. The lowest BCUT2D eigenvalue weighted by Crippen LogP contribution is -2.42. The fourth-order valence-electron chi connectivity index (χ4n) is 3.71. The van der Waals surface area contributed by atoms with Crippen LogP contribution in [0.4, 0.5) is 5.69 Å². The van der Waals surface area contributed by atoms with Crippen molar-refractivity contribution in [3.63, 3.8) is 0 Å². The minimum absolute atomic E-state index is 0.0786. The molecular weight excluding hydrogens is 352 g/mol. The molecule has 8 nitrogen and oxygen atoms in total. The minimum atomic E-state index is -0.770. The molecule has 0 N–H and O–H groups in total. The number of carbonyl (C=O) groups excluding carboxylic acids is 1. The van der Waals surface area contributed by atoms with Crippen molar-refractivity contribution >= 4 is 22.6 Å². The molecule has 1 aliphatic rings. The van der Waals surface area contributed by atoms with Crippen LogP contribution in [0.15, 0.2) is 27.4 Å². The summed E-state index contributed by atoms with van der Waals surface area (Å²) < 4.78 is 10.4. The molecule has 0 spiro atoms. The number of hydrogen-bond donors (Lipinski definition) is 0. The molecule has 1 aromatic carbocycles. The Morgan fingerprint density at radius 3 is 2.59 bits per heavy atom. The lowest BCUT2D eigenvalue weighted by Gasteiger charge is -2.33. The summed E-state index contributed by atoms with van der Waals surface area (Å²) in [5.41, 5.74) is -0.997. The van der Waals surface area contributed by atoms with Crippen molar-refractivity contribution in [1.82, 2.24) is 4.90 Å². The lowest BCUT2D eigenvalue weighted by atomic mass is 9.93. The molecule has 1 aromatic heterocycles. The number of methoxy groups -OCH3 is 1. The maximum absolute atomic E-state index is 13.0. The maximum Gasteiger partial charge on any atom is 0.349 e. The van der Waals surface area contributed by atoms with Crippen LogP contribution in [0, 0.1) is 10.1 Å². The van der Waals surface area contributed by atoms with E-state index in [4.69, 9.17) is 9.15 Å². The van der Waals surface area contributed by atoms with E-state index in [9.17, 15) is 19.7 Å². The molecular formula is C19H22N2O6. The molecule has 1 heterocycles. The fourth-order valence-corrected chi connectivity index (χ4v) is 3.71. The van der Waals surface area contributed by atoms with Crippen LogP contribution in [0.25, 0.3) is 11.0 Å². The Labute approximate surface area is 155 Å². The van der Waals surface area contributed by atoms with E-state index in [1.807, 2.05) is 6.92 Å². The highest BCUT2D eigenvalue weighted by atomic mass is 16.6. The monoisotopic (exact) mass is 374 g/mol. The second-order valence-electron chi connectivity index (χ2n) is 6.65. The smallest absolute Gasteiger partial charge is 0.349 e. The van der Waals surface area contributed by atoms with Crippen LogP contribution in [-0.4, -0.2) is 35.4 Å². The number of rotatable bonds is 5. The van der Waals surface area contributed by atoms with Gasteiger partial charge in [-0.25, -0.2) is 4.79 Å². The second kappa shape index (κ2) is 7.77. The van der Waals surface area contributed by atoms with E-state index in [2.05, 4.69) is 0 Å². The third-order valence-electron chi connectivity index (χ3n) is 5.06. The zero-order valence-electron chi connectivity index (χ0n) is 15.4. The first-order chi connectivity index (χ1) is 13.0. The molecule has 1 amide bonds. The van der Waals surface area contributed by atoms with E-state index in [0.717, 1.165) is 32.1 Å². The summed E-state index contributed by atoms with van der Waals surface area (Å²) in [5.74, 6) is -0.319. The van der Waals surface area contributed by atoms with Gasteiger partial charge in [0.05, 0.1) is 18.1 Å². The Kier molecular flexibility index (Phi) is 5.43. The molecule has 0 aliphatic heterocycles. The number of ether oxygens (including phenoxy) is 1. The third kappa shape index (κ3) is 3.65. The second-order valence-corrected chi connectivity index (χ2v) is 6.65. The molecule has 0 bridgehead atoms. The summed E-state index contributed by atoms with van der Waals surface area (Å²) >= 11 is 0. The first-order valence-corrected chi connectivity index (χ1v) is 9.07. The van der Waals surface area contributed by atoms with E-state index in [1.165, 1.54) is 25.3 Å². The van der Waals surface area contributed by atoms with Crippen LogP contribution >= 0.6 is 0 Å². The van der Waals surface area contributed by atoms with Crippen LogP contribution < -0.4 is 10.4 Å². The van der Waals surface area contributed by atoms with Crippen LogP contribution in [0.1, 0.15) is 49.4 Å². The lowest BCUT2D eigenvalue weighted by molar-refractivity contribution is -0.384. The normalized spacial score (nSPS) is 14.9. The summed E-state index contributed by atoms with van der Waals surface area (Å²) in [6, 6.07) is 3.93. The standard InChI is InChI=1S/C19H22N2O6/c1-3-20(13-7-5-4-6-8-13)18(22)15-10-12-9-14(21(24)25)11-16(26-2)17(12)27-19(15)23/h9-11,13H,3-8H2,1-2H3. The minimum Gasteiger partial charge on any atom is -0.493 e. The van der Waals surface area contributed by atoms with Gasteiger partial charge < -0.3 is 14.1 Å². The summed E-state index contributed by atoms with van der Waals surface area (Å²) in [6.07, 6.45) is 5.10. The molecule has 0 radical (unpaired) electrons. The van der Waals surface area contributed by atoms with Gasteiger partial charge in [0.15, 0.2) is 11.3 Å². The number of carbonyl (C=O) groups is 1. The van der Waals surface area contributed by atoms with E-state index >= 15 is 0 Å². The van der Waals surface area contributed by atoms with Gasteiger partial charge in [-0.1, -0.05) is 19.3 Å². The van der Waals surface area contributed by atoms with Crippen molar-refractivity contribution < 1.29 is 18.9 Å². The topological polar surface area (TPSA) is 103 Å². The number of hydrogen-bond acceptors (Lipinski definition) is 6. The van der Waals surface area contributed by atoms with Crippen LogP contribution in [0.3, 0.4) is 0 Å². The van der Waals surface area contributed by atoms with E-state index in [1.54, 1.807) is 4.90 Å². The summed E-state index contributed by atoms with van der Waals surface area (Å²) in [7, 11) is 1.33. The van der Waals surface area contributed by atoms with E-state index in [-0.39, 0.29) is 34.0 Å². The molecule has 1 aliphatic carbocycles. The van der Waals surface area contributed by atoms with Gasteiger partial charge in [0, 0.05) is 24.0 Å². The molecule has 0 saturated heterocycles. The van der Waals surface area contributed by atoms with Crippen LogP contribution in [0.2, 0.25) is 0 Å². The van der Waals surface area contributed by atoms with Crippen molar-refractivity contribution in [2.45, 2.75) is 45.1 Å². The largest absolute Gasteiger partial charge is 0.493 e. The highest BCUT2D eigenvalue weighted by Crippen LogP contribution is 2.31. The zero-order valence-corrected chi connectivity index (χ0v) is 15.4. The zero-order chi connectivity index (χ0) is 19.6. The number of non-ortho nitro benzene ring substituents is 1. The Morgan fingerprint density at radius 2 is 2.00 bits per heavy atom. The first-order valence-electron chi connectivity index (χ1n) is 9.07. The molecule has 1 fully saturated rings. The van der Waals surface area contributed by atoms with E-state index < -0.39 is 16.5 Å². The maximum atomic E-state index is 13.0. The summed E-state index contributed by atoms with van der Waals surface area (Å²) in [5, 5.41) is 11.4. The van der Waals surface area contributed by atoms with Gasteiger partial charge in [-0.2, -0.15) is 0 Å². The predicted molar refractivity (Wildman–Crippen MR) is 99.3 cm³/mol. The van der Waals surface area contributed by atoms with E-state index in [0.29, 0.717) is 6.54 Å². The summed E-state index contributed by atoms with van der Waals surface area (Å²) in [6.45, 7) is 2.36. The van der Waals surface area contributed by atoms with Gasteiger partial charge in [0.2, 0.25) is 0 Å². The van der Waals surface area contributed by atoms with Crippen LogP contribution in [0.5, 0.6) is 5.75 Å². The Morgan fingerprint density at radius 1 is 1.30 bits per heavy atom. The highest BCUT2D eigenvalue weighted by molar-refractivity contribution is 5.98. The number of benzene rings is 1. The number of amides is 1. The van der Waals surface area contributed by atoms with Gasteiger partial charge >= 0.3 is 5.63 Å². The van der Waals surface area contributed by atoms with Crippen LogP contribution in [-0.2, 0) is 0 Å². The average Bonchev–Trinajstić information content (AvgIpc) is 2.68. The van der Waals surface area contributed by atoms with Crippen molar-refractivity contribution in [2.75, 3.05) is 13.7 Å². The van der Waals surface area contributed by atoms with Gasteiger partial charge in [-0.3, -0.25) is 14.9 Å². The molecule has 27 heavy (non-hydrogen) atoms. The Hall–Kier alpha value is -2.90. The molecule has 2 aromatic rings. The molecule has 1 saturated carbocycles. The predicted octanol–water partition coefficient (Wildman–Crippen LogP) is 3.50. The Bertz CT molecular complexity index is 930. The van der Waals surface area contributed by atoms with Crippen molar-refractivity contribution in [3.8, 4) is 5.75 Å².